The van der Waals surface area contributed by atoms with Crippen molar-refractivity contribution in [2.75, 3.05) is 26.2 Å². The van der Waals surface area contributed by atoms with Gasteiger partial charge in [0.25, 0.3) is 0 Å². The van der Waals surface area contributed by atoms with Crippen molar-refractivity contribution >= 4 is 7.32 Å². The van der Waals surface area contributed by atoms with Gasteiger partial charge in [0.15, 0.2) is 0 Å². The van der Waals surface area contributed by atoms with Crippen LogP contribution in [0.15, 0.2) is 25.3 Å². The molecule has 2 N–H and O–H groups in total. The lowest BCUT2D eigenvalue weighted by Gasteiger charge is -2.18. The zero-order valence-electron chi connectivity index (χ0n) is 7.72. The molecule has 0 spiro atoms. The van der Waals surface area contributed by atoms with Gasteiger partial charge in [-0.05, 0) is 0 Å². The molecule has 0 radical (unpaired) electrons. The van der Waals surface area contributed by atoms with Gasteiger partial charge >= 0.3 is 7.32 Å². The minimum absolute atomic E-state index is 0.277. The van der Waals surface area contributed by atoms with Crippen molar-refractivity contribution in [3.05, 3.63) is 25.3 Å². The molecule has 0 aliphatic heterocycles. The first-order chi connectivity index (χ1) is 6.20. The highest BCUT2D eigenvalue weighted by Crippen LogP contribution is 1.89. The van der Waals surface area contributed by atoms with Crippen LogP contribution in [0.4, 0.5) is 0 Å². The second-order valence-electron chi connectivity index (χ2n) is 2.53. The zero-order chi connectivity index (χ0) is 10.1. The van der Waals surface area contributed by atoms with Gasteiger partial charge in [-0.25, -0.2) is 0 Å². The minimum atomic E-state index is -1.69. The summed E-state index contributed by atoms with van der Waals surface area (Å²) < 4.78 is 4.57. The lowest BCUT2D eigenvalue weighted by molar-refractivity contribution is 0.160. The zero-order valence-corrected chi connectivity index (χ0v) is 7.72. The molecule has 0 fully saturated rings. The molecule has 0 rings (SSSR count). The van der Waals surface area contributed by atoms with E-state index in [1.165, 1.54) is 0 Å². The van der Waals surface area contributed by atoms with Crippen LogP contribution < -0.4 is 0 Å². The van der Waals surface area contributed by atoms with Crippen molar-refractivity contribution in [2.45, 2.75) is 0 Å². The summed E-state index contributed by atoms with van der Waals surface area (Å²) >= 11 is 0. The van der Waals surface area contributed by atoms with Gasteiger partial charge in [-0.3, -0.25) is 4.90 Å². The summed E-state index contributed by atoms with van der Waals surface area (Å²) in [6.07, 6.45) is 3.55. The summed E-state index contributed by atoms with van der Waals surface area (Å²) in [7, 11) is -1.69. The van der Waals surface area contributed by atoms with Gasteiger partial charge in [-0.15, -0.1) is 13.2 Å². The van der Waals surface area contributed by atoms with Gasteiger partial charge in [-0.1, -0.05) is 12.2 Å². The van der Waals surface area contributed by atoms with Gasteiger partial charge in [0.05, 0.1) is 0 Å². The average molecular weight is 185 g/mol. The SMILES string of the molecule is C=CCN(CC=C)CCOB(O)O. The predicted octanol–water partition coefficient (Wildman–Crippen LogP) is -0.353. The van der Waals surface area contributed by atoms with Crippen LogP contribution in [0.5, 0.6) is 0 Å². The number of nitrogens with zero attached hydrogens (tertiary/aromatic N) is 1. The van der Waals surface area contributed by atoms with Crippen molar-refractivity contribution in [1.29, 1.82) is 0 Å². The summed E-state index contributed by atoms with van der Waals surface area (Å²) in [6.45, 7) is 9.58. The molecule has 4 nitrogen and oxygen atoms in total. The molecule has 0 aromatic heterocycles. The molecule has 74 valence electrons. The first-order valence-corrected chi connectivity index (χ1v) is 4.12. The van der Waals surface area contributed by atoms with Gasteiger partial charge in [-0.2, -0.15) is 0 Å². The maximum atomic E-state index is 8.40. The normalized spacial score (nSPS) is 10.1. The Morgan fingerprint density at radius 3 is 2.15 bits per heavy atom. The Morgan fingerprint density at radius 2 is 1.77 bits per heavy atom. The summed E-state index contributed by atoms with van der Waals surface area (Å²) in [5.74, 6) is 0. The van der Waals surface area contributed by atoms with Crippen molar-refractivity contribution in [1.82, 2.24) is 4.90 Å². The molecule has 0 aliphatic carbocycles. The number of hydrogen-bond donors (Lipinski definition) is 2. The van der Waals surface area contributed by atoms with E-state index >= 15 is 0 Å². The first-order valence-electron chi connectivity index (χ1n) is 4.12. The van der Waals surface area contributed by atoms with Crippen LogP contribution in [0, 0.1) is 0 Å². The Kier molecular flexibility index (Phi) is 7.63. The summed E-state index contributed by atoms with van der Waals surface area (Å²) in [5, 5.41) is 16.8. The van der Waals surface area contributed by atoms with Gasteiger partial charge in [0.2, 0.25) is 0 Å². The molecule has 0 amide bonds. The molecule has 0 saturated carbocycles. The highest BCUT2D eigenvalue weighted by molar-refractivity contribution is 6.32. The van der Waals surface area contributed by atoms with Gasteiger partial charge < -0.3 is 14.7 Å². The topological polar surface area (TPSA) is 52.9 Å². The fourth-order valence-electron chi connectivity index (χ4n) is 0.909. The Morgan fingerprint density at radius 1 is 1.23 bits per heavy atom. The van der Waals surface area contributed by atoms with E-state index in [0.29, 0.717) is 6.54 Å². The van der Waals surface area contributed by atoms with E-state index in [0.717, 1.165) is 13.1 Å². The molecule has 0 heterocycles. The highest BCUT2D eigenvalue weighted by atomic mass is 16.6. The van der Waals surface area contributed by atoms with Crippen LogP contribution in [0.25, 0.3) is 0 Å². The highest BCUT2D eigenvalue weighted by Gasteiger charge is 2.08. The molecule has 0 atom stereocenters. The summed E-state index contributed by atoms with van der Waals surface area (Å²) in [5.41, 5.74) is 0. The van der Waals surface area contributed by atoms with Crippen LogP contribution in [0.1, 0.15) is 0 Å². The fourth-order valence-corrected chi connectivity index (χ4v) is 0.909. The van der Waals surface area contributed by atoms with E-state index in [2.05, 4.69) is 17.8 Å². The van der Waals surface area contributed by atoms with Crippen molar-refractivity contribution in [3.8, 4) is 0 Å². The molecule has 13 heavy (non-hydrogen) atoms. The largest absolute Gasteiger partial charge is 0.633 e. The van der Waals surface area contributed by atoms with E-state index in [9.17, 15) is 0 Å². The third-order valence-corrected chi connectivity index (χ3v) is 1.45. The maximum Gasteiger partial charge on any atom is 0.633 e. The van der Waals surface area contributed by atoms with Crippen LogP contribution in [0.2, 0.25) is 0 Å². The first kappa shape index (κ1) is 12.4. The summed E-state index contributed by atoms with van der Waals surface area (Å²) in [4.78, 5) is 2.02. The Bertz CT molecular complexity index is 142. The lowest BCUT2D eigenvalue weighted by Crippen LogP contribution is -2.30. The van der Waals surface area contributed by atoms with Crippen LogP contribution >= 0.6 is 0 Å². The fraction of sp³-hybridized carbons (Fsp3) is 0.500. The summed E-state index contributed by atoms with van der Waals surface area (Å²) in [6, 6.07) is 0. The lowest BCUT2D eigenvalue weighted by atomic mass is 10.3. The minimum Gasteiger partial charge on any atom is -0.402 e. The van der Waals surface area contributed by atoms with Crippen LogP contribution in [-0.2, 0) is 4.65 Å². The van der Waals surface area contributed by atoms with Gasteiger partial charge in [0.1, 0.15) is 0 Å². The van der Waals surface area contributed by atoms with Gasteiger partial charge in [0, 0.05) is 26.2 Å². The van der Waals surface area contributed by atoms with E-state index in [1.54, 1.807) is 12.2 Å². The molecule has 0 aromatic carbocycles. The van der Waals surface area contributed by atoms with Crippen LogP contribution in [-0.4, -0.2) is 48.5 Å². The molecular formula is C8H16BNO3. The maximum absolute atomic E-state index is 8.40. The molecule has 0 aromatic rings. The third kappa shape index (κ3) is 7.74. The van der Waals surface area contributed by atoms with Crippen molar-refractivity contribution < 1.29 is 14.7 Å². The average Bonchev–Trinajstić information content (AvgIpc) is 2.04. The smallest absolute Gasteiger partial charge is 0.402 e. The predicted molar refractivity (Wildman–Crippen MR) is 53.0 cm³/mol. The monoisotopic (exact) mass is 185 g/mol. The molecule has 0 bridgehead atoms. The van der Waals surface area contributed by atoms with E-state index in [-0.39, 0.29) is 6.61 Å². The van der Waals surface area contributed by atoms with Crippen LogP contribution in [0.3, 0.4) is 0 Å². The van der Waals surface area contributed by atoms with Crippen molar-refractivity contribution in [3.63, 3.8) is 0 Å². The molecular weight excluding hydrogens is 169 g/mol. The van der Waals surface area contributed by atoms with E-state index in [1.807, 2.05) is 4.90 Å². The molecule has 0 unspecified atom stereocenters. The second-order valence-corrected chi connectivity index (χ2v) is 2.53. The van der Waals surface area contributed by atoms with Crippen molar-refractivity contribution in [2.24, 2.45) is 0 Å². The second kappa shape index (κ2) is 8.00. The van der Waals surface area contributed by atoms with E-state index in [4.69, 9.17) is 10.0 Å². The number of hydrogen-bond acceptors (Lipinski definition) is 4. The quantitative estimate of drug-likeness (QED) is 0.400. The molecule has 0 aliphatic rings. The molecule has 5 heteroatoms. The third-order valence-electron chi connectivity index (χ3n) is 1.45. The molecule has 0 saturated heterocycles. The standard InChI is InChI=1S/C8H16BNO3/c1-3-5-10(6-4-2)7-8-13-9(11)12/h3-4,11-12H,1-2,5-8H2. The Labute approximate surface area is 79.3 Å². The Balaban J connectivity index is 3.55. The number of rotatable bonds is 8. The Hall–Kier alpha value is -0.615. The van der Waals surface area contributed by atoms with E-state index < -0.39 is 7.32 Å².